The van der Waals surface area contributed by atoms with E-state index in [2.05, 4.69) is 32.1 Å². The molecule has 2 atom stereocenters. The highest BCUT2D eigenvalue weighted by molar-refractivity contribution is 5.28. The molecule has 1 nitrogen and oxygen atoms in total. The number of rotatable bonds is 3. The second kappa shape index (κ2) is 5.79. The van der Waals surface area contributed by atoms with Crippen LogP contribution in [0.25, 0.3) is 0 Å². The summed E-state index contributed by atoms with van der Waals surface area (Å²) in [5.74, 6) is 2.40. The standard InChI is InChI=1S/C14H22O/c1-5-14(15-4)10-9-13-8-6-7-11(2)12(13)3/h5,8-12H,6-7H2,1-4H3/b10-9-,14-5+. The summed E-state index contributed by atoms with van der Waals surface area (Å²) in [6.45, 7) is 6.63. The molecule has 0 fully saturated rings. The predicted molar refractivity (Wildman–Crippen MR) is 65.6 cm³/mol. The van der Waals surface area contributed by atoms with E-state index in [1.54, 1.807) is 7.11 Å². The third-order valence-electron chi connectivity index (χ3n) is 3.34. The van der Waals surface area contributed by atoms with Crippen LogP contribution in [0.4, 0.5) is 0 Å². The number of allylic oxidation sites excluding steroid dienone is 5. The molecule has 0 aromatic carbocycles. The van der Waals surface area contributed by atoms with Crippen molar-refractivity contribution in [3.05, 3.63) is 35.6 Å². The molecule has 1 rings (SSSR count). The van der Waals surface area contributed by atoms with Crippen LogP contribution in [0.5, 0.6) is 0 Å². The molecule has 0 amide bonds. The molecule has 0 radical (unpaired) electrons. The lowest BCUT2D eigenvalue weighted by atomic mass is 9.80. The molecular formula is C14H22O. The van der Waals surface area contributed by atoms with Crippen LogP contribution in [0, 0.1) is 11.8 Å². The van der Waals surface area contributed by atoms with E-state index in [9.17, 15) is 0 Å². The van der Waals surface area contributed by atoms with Crippen LogP contribution in [0.2, 0.25) is 0 Å². The predicted octanol–water partition coefficient (Wildman–Crippen LogP) is 4.09. The first kappa shape index (κ1) is 12.1. The zero-order valence-corrected chi connectivity index (χ0v) is 10.3. The molecule has 15 heavy (non-hydrogen) atoms. The molecule has 1 aliphatic carbocycles. The zero-order chi connectivity index (χ0) is 11.3. The Kier molecular flexibility index (Phi) is 4.67. The van der Waals surface area contributed by atoms with Gasteiger partial charge in [0.05, 0.1) is 7.11 Å². The summed E-state index contributed by atoms with van der Waals surface area (Å²) in [5.41, 5.74) is 1.45. The number of hydrogen-bond donors (Lipinski definition) is 0. The molecule has 0 saturated heterocycles. The van der Waals surface area contributed by atoms with Gasteiger partial charge in [-0.1, -0.05) is 26.0 Å². The molecule has 0 N–H and O–H groups in total. The Hall–Kier alpha value is -0.980. The SMILES string of the molecule is C/C=C(\C=C/C1=CCCC(C)C1C)OC. The Labute approximate surface area is 93.5 Å². The quantitative estimate of drug-likeness (QED) is 0.499. The van der Waals surface area contributed by atoms with E-state index in [-0.39, 0.29) is 0 Å². The lowest BCUT2D eigenvalue weighted by molar-refractivity contribution is 0.306. The van der Waals surface area contributed by atoms with Gasteiger partial charge in [0.25, 0.3) is 0 Å². The van der Waals surface area contributed by atoms with Crippen LogP contribution in [0.15, 0.2) is 35.6 Å². The maximum atomic E-state index is 5.20. The summed E-state index contributed by atoms with van der Waals surface area (Å²) in [6, 6.07) is 0. The van der Waals surface area contributed by atoms with Gasteiger partial charge in [-0.25, -0.2) is 0 Å². The summed E-state index contributed by atoms with van der Waals surface area (Å²) < 4.78 is 5.20. The van der Waals surface area contributed by atoms with E-state index in [0.717, 1.165) is 11.7 Å². The number of methoxy groups -OCH3 is 1. The van der Waals surface area contributed by atoms with E-state index < -0.39 is 0 Å². The van der Waals surface area contributed by atoms with Crippen molar-refractivity contribution in [3.8, 4) is 0 Å². The molecular weight excluding hydrogens is 184 g/mol. The van der Waals surface area contributed by atoms with Crippen LogP contribution < -0.4 is 0 Å². The molecule has 0 aromatic heterocycles. The molecule has 1 heteroatoms. The van der Waals surface area contributed by atoms with Gasteiger partial charge < -0.3 is 4.74 Å². The van der Waals surface area contributed by atoms with E-state index in [0.29, 0.717) is 5.92 Å². The summed E-state index contributed by atoms with van der Waals surface area (Å²) in [7, 11) is 1.71. The Morgan fingerprint density at radius 1 is 1.47 bits per heavy atom. The average molecular weight is 206 g/mol. The fourth-order valence-electron chi connectivity index (χ4n) is 1.96. The van der Waals surface area contributed by atoms with Gasteiger partial charge in [-0.05, 0) is 49.3 Å². The summed E-state index contributed by atoms with van der Waals surface area (Å²) >= 11 is 0. The normalized spacial score (nSPS) is 28.0. The van der Waals surface area contributed by atoms with Crippen LogP contribution >= 0.6 is 0 Å². The Morgan fingerprint density at radius 3 is 2.80 bits per heavy atom. The zero-order valence-electron chi connectivity index (χ0n) is 10.3. The fraction of sp³-hybridized carbons (Fsp3) is 0.571. The molecule has 0 spiro atoms. The lowest BCUT2D eigenvalue weighted by Gasteiger charge is -2.25. The van der Waals surface area contributed by atoms with Crippen molar-refractivity contribution < 1.29 is 4.74 Å². The van der Waals surface area contributed by atoms with Gasteiger partial charge in [0.15, 0.2) is 0 Å². The van der Waals surface area contributed by atoms with Crippen molar-refractivity contribution >= 4 is 0 Å². The van der Waals surface area contributed by atoms with E-state index in [4.69, 9.17) is 4.74 Å². The Bertz CT molecular complexity index is 284. The van der Waals surface area contributed by atoms with Crippen LogP contribution in [0.1, 0.15) is 33.6 Å². The van der Waals surface area contributed by atoms with Gasteiger partial charge in [0.2, 0.25) is 0 Å². The minimum absolute atomic E-state index is 0.671. The maximum absolute atomic E-state index is 5.20. The third kappa shape index (κ3) is 3.26. The summed E-state index contributed by atoms with van der Waals surface area (Å²) in [4.78, 5) is 0. The molecule has 0 heterocycles. The van der Waals surface area contributed by atoms with Crippen molar-refractivity contribution in [1.82, 2.24) is 0 Å². The fourth-order valence-corrected chi connectivity index (χ4v) is 1.96. The first-order chi connectivity index (χ1) is 7.19. The van der Waals surface area contributed by atoms with Gasteiger partial charge >= 0.3 is 0 Å². The van der Waals surface area contributed by atoms with Gasteiger partial charge in [-0.3, -0.25) is 0 Å². The van der Waals surface area contributed by atoms with Crippen LogP contribution in [-0.2, 0) is 4.74 Å². The minimum atomic E-state index is 0.671. The highest BCUT2D eigenvalue weighted by Gasteiger charge is 2.18. The minimum Gasteiger partial charge on any atom is -0.497 e. The second-order valence-corrected chi connectivity index (χ2v) is 4.28. The van der Waals surface area contributed by atoms with Gasteiger partial charge in [0.1, 0.15) is 5.76 Å². The largest absolute Gasteiger partial charge is 0.497 e. The van der Waals surface area contributed by atoms with Crippen molar-refractivity contribution in [2.45, 2.75) is 33.6 Å². The van der Waals surface area contributed by atoms with Crippen molar-refractivity contribution in [3.63, 3.8) is 0 Å². The van der Waals surface area contributed by atoms with Crippen molar-refractivity contribution in [2.75, 3.05) is 7.11 Å². The lowest BCUT2D eigenvalue weighted by Crippen LogP contribution is -2.13. The Morgan fingerprint density at radius 2 is 2.20 bits per heavy atom. The monoisotopic (exact) mass is 206 g/mol. The van der Waals surface area contributed by atoms with Gasteiger partial charge in [0, 0.05) is 0 Å². The highest BCUT2D eigenvalue weighted by Crippen LogP contribution is 2.30. The Balaban J connectivity index is 2.69. The van der Waals surface area contributed by atoms with Crippen LogP contribution in [0.3, 0.4) is 0 Å². The van der Waals surface area contributed by atoms with E-state index in [1.807, 2.05) is 13.0 Å². The number of ether oxygens (including phenoxy) is 1. The van der Waals surface area contributed by atoms with Crippen molar-refractivity contribution in [1.29, 1.82) is 0 Å². The molecule has 2 unspecified atom stereocenters. The highest BCUT2D eigenvalue weighted by atomic mass is 16.5. The summed E-state index contributed by atoms with van der Waals surface area (Å²) in [5, 5.41) is 0. The molecule has 1 aliphatic rings. The molecule has 0 aromatic rings. The summed E-state index contributed by atoms with van der Waals surface area (Å²) in [6.07, 6.45) is 11.1. The molecule has 0 bridgehead atoms. The van der Waals surface area contributed by atoms with Gasteiger partial charge in [-0.15, -0.1) is 0 Å². The topological polar surface area (TPSA) is 9.23 Å². The average Bonchev–Trinajstić information content (AvgIpc) is 2.25. The van der Waals surface area contributed by atoms with Crippen LogP contribution in [-0.4, -0.2) is 7.11 Å². The smallest absolute Gasteiger partial charge is 0.114 e. The van der Waals surface area contributed by atoms with E-state index >= 15 is 0 Å². The second-order valence-electron chi connectivity index (χ2n) is 4.28. The molecule has 0 saturated carbocycles. The first-order valence-electron chi connectivity index (χ1n) is 5.77. The first-order valence-corrected chi connectivity index (χ1v) is 5.77. The molecule has 0 aliphatic heterocycles. The van der Waals surface area contributed by atoms with E-state index in [1.165, 1.54) is 18.4 Å². The van der Waals surface area contributed by atoms with Crippen molar-refractivity contribution in [2.24, 2.45) is 11.8 Å². The van der Waals surface area contributed by atoms with Gasteiger partial charge in [-0.2, -0.15) is 0 Å². The number of hydrogen-bond acceptors (Lipinski definition) is 1. The maximum Gasteiger partial charge on any atom is 0.114 e. The third-order valence-corrected chi connectivity index (χ3v) is 3.34. The molecule has 84 valence electrons.